The van der Waals surface area contributed by atoms with Crippen molar-refractivity contribution in [3.05, 3.63) is 60.6 Å². The number of anilines is 5. The lowest BCUT2D eigenvalue weighted by molar-refractivity contribution is 0.312. The highest BCUT2D eigenvalue weighted by atomic mass is 31.2. The molecule has 1 aliphatic rings. The average molecular weight is 573 g/mol. The summed E-state index contributed by atoms with van der Waals surface area (Å²) < 4.78 is 19.2. The summed E-state index contributed by atoms with van der Waals surface area (Å²) in [6.07, 6.45) is 7.51. The quantitative estimate of drug-likeness (QED) is 0.262. The first kappa shape index (κ1) is 28.5. The number of rotatable bonds is 9. The van der Waals surface area contributed by atoms with Crippen LogP contribution in [0.5, 0.6) is 5.75 Å². The number of hydrogen-bond donors (Lipinski definition) is 2. The van der Waals surface area contributed by atoms with Gasteiger partial charge in [0.2, 0.25) is 5.95 Å². The molecule has 0 atom stereocenters. The fourth-order valence-corrected chi connectivity index (χ4v) is 6.52. The van der Waals surface area contributed by atoms with Gasteiger partial charge in [0.25, 0.3) is 0 Å². The van der Waals surface area contributed by atoms with Crippen LogP contribution < -0.4 is 25.6 Å². The van der Waals surface area contributed by atoms with E-state index in [2.05, 4.69) is 68.1 Å². The summed E-state index contributed by atoms with van der Waals surface area (Å²) in [7, 11) is 1.09. The van der Waals surface area contributed by atoms with Crippen LogP contribution in [0.25, 0.3) is 17.1 Å². The lowest BCUT2D eigenvalue weighted by atomic mass is 10.1. The lowest BCUT2D eigenvalue weighted by Gasteiger charge is -2.35. The second-order valence-corrected chi connectivity index (χ2v) is 13.7. The molecular weight excluding hydrogens is 535 g/mol. The molecule has 0 aliphatic carbocycles. The summed E-state index contributed by atoms with van der Waals surface area (Å²) in [5.74, 6) is 1.64. The second kappa shape index (κ2) is 11.8. The van der Waals surface area contributed by atoms with Gasteiger partial charge >= 0.3 is 0 Å². The number of methoxy groups -OCH3 is 1. The van der Waals surface area contributed by atoms with Gasteiger partial charge in [-0.05, 0) is 50.6 Å². The molecule has 0 unspecified atom stereocenters. The lowest BCUT2D eigenvalue weighted by Crippen LogP contribution is -2.44. The number of nitrogens with zero attached hydrogens (tertiary/aromatic N) is 6. The molecule has 1 aliphatic heterocycles. The third-order valence-corrected chi connectivity index (χ3v) is 8.84. The molecule has 11 heteroatoms. The van der Waals surface area contributed by atoms with Gasteiger partial charge in [-0.25, -0.2) is 4.98 Å². The highest BCUT2D eigenvalue weighted by Gasteiger charge is 2.23. The Bertz CT molecular complexity index is 1630. The molecule has 41 heavy (non-hydrogen) atoms. The zero-order valence-electron chi connectivity index (χ0n) is 24.3. The molecule has 1 fully saturated rings. The van der Waals surface area contributed by atoms with Crippen LogP contribution in [-0.2, 0) is 11.0 Å². The molecule has 0 amide bonds. The minimum atomic E-state index is -2.74. The van der Waals surface area contributed by atoms with Gasteiger partial charge in [-0.3, -0.25) is 9.97 Å². The van der Waals surface area contributed by atoms with Crippen LogP contribution in [0, 0.1) is 0 Å². The van der Waals surface area contributed by atoms with E-state index in [0.29, 0.717) is 39.4 Å². The van der Waals surface area contributed by atoms with Crippen LogP contribution in [0.1, 0.15) is 18.1 Å². The molecule has 5 rings (SSSR count). The Labute approximate surface area is 241 Å². The third-order valence-electron chi connectivity index (χ3n) is 7.31. The molecule has 2 aromatic heterocycles. The van der Waals surface area contributed by atoms with E-state index in [1.807, 2.05) is 12.1 Å². The molecule has 214 valence electrons. The van der Waals surface area contributed by atoms with Crippen molar-refractivity contribution in [3.63, 3.8) is 0 Å². The molecule has 2 aromatic carbocycles. The summed E-state index contributed by atoms with van der Waals surface area (Å²) in [5.41, 5.74) is 5.86. The minimum absolute atomic E-state index is 0.393. The van der Waals surface area contributed by atoms with Crippen molar-refractivity contribution in [2.75, 3.05) is 69.2 Å². The molecular formula is C30H37N8O2P. The Morgan fingerprint density at radius 2 is 1.80 bits per heavy atom. The van der Waals surface area contributed by atoms with Crippen LogP contribution in [0.3, 0.4) is 0 Å². The molecule has 10 nitrogen and oxygen atoms in total. The molecule has 0 radical (unpaired) electrons. The van der Waals surface area contributed by atoms with Crippen LogP contribution in [0.4, 0.5) is 28.8 Å². The first-order chi connectivity index (χ1) is 19.7. The largest absolute Gasteiger partial charge is 0.494 e. The maximum absolute atomic E-state index is 13.4. The first-order valence-electron chi connectivity index (χ1n) is 13.7. The van der Waals surface area contributed by atoms with E-state index in [1.54, 1.807) is 45.1 Å². The van der Waals surface area contributed by atoms with Crippen molar-refractivity contribution in [2.24, 2.45) is 0 Å². The molecule has 0 spiro atoms. The van der Waals surface area contributed by atoms with Gasteiger partial charge in [0.1, 0.15) is 24.2 Å². The molecule has 0 saturated carbocycles. The minimum Gasteiger partial charge on any atom is -0.494 e. The number of aryl methyl sites for hydroxylation is 1. The summed E-state index contributed by atoms with van der Waals surface area (Å²) >= 11 is 0. The predicted molar refractivity (Wildman–Crippen MR) is 169 cm³/mol. The van der Waals surface area contributed by atoms with E-state index in [4.69, 9.17) is 9.72 Å². The number of likely N-dealkylation sites (N-methyl/N-ethyl adjacent to an activating group) is 1. The number of aromatic nitrogens is 4. The van der Waals surface area contributed by atoms with Crippen molar-refractivity contribution in [1.82, 2.24) is 24.8 Å². The zero-order valence-corrected chi connectivity index (χ0v) is 25.2. The van der Waals surface area contributed by atoms with E-state index in [-0.39, 0.29) is 0 Å². The molecule has 0 bridgehead atoms. The SMILES string of the molecule is C=Cc1cnc(Nc2cc(CC)c(N3CCN(C)CC3)cc2OC)nc1Nc1ccc2nccnc2c1P(C)(C)=O. The number of hydrogen-bond acceptors (Lipinski definition) is 10. The highest BCUT2D eigenvalue weighted by molar-refractivity contribution is 7.71. The van der Waals surface area contributed by atoms with Gasteiger partial charge in [-0.2, -0.15) is 4.98 Å². The van der Waals surface area contributed by atoms with Gasteiger partial charge in [-0.15, -0.1) is 0 Å². The van der Waals surface area contributed by atoms with Gasteiger partial charge < -0.3 is 29.7 Å². The molecule has 3 heterocycles. The fourth-order valence-electron chi connectivity index (χ4n) is 5.12. The number of benzene rings is 2. The zero-order chi connectivity index (χ0) is 29.1. The smallest absolute Gasteiger partial charge is 0.229 e. The number of nitrogens with one attached hydrogen (secondary N) is 2. The summed E-state index contributed by atoms with van der Waals surface area (Å²) in [6, 6.07) is 7.94. The van der Waals surface area contributed by atoms with E-state index in [0.717, 1.165) is 44.0 Å². The van der Waals surface area contributed by atoms with Crippen molar-refractivity contribution in [3.8, 4) is 5.75 Å². The standard InChI is InChI=1S/C30H37N8O2P/c1-7-20-17-24(26(40-4)18-25(20)38-15-13-37(3)14-16-38)35-30-33-19-21(8-2)29(36-30)34-23-10-9-22-27(32-12-11-31-22)28(23)41(5,6)39/h8-12,17-19H,2,7,13-16H2,1,3-6H3,(H2,33,34,35,36). The van der Waals surface area contributed by atoms with Crippen molar-refractivity contribution in [1.29, 1.82) is 0 Å². The summed E-state index contributed by atoms with van der Waals surface area (Å²) in [5, 5.41) is 7.37. The van der Waals surface area contributed by atoms with Crippen LogP contribution >= 0.6 is 7.14 Å². The van der Waals surface area contributed by atoms with Gasteiger partial charge in [0.05, 0.1) is 29.3 Å². The molecule has 2 N–H and O–H groups in total. The number of fused-ring (bicyclic) bond motifs is 1. The number of piperazine rings is 1. The average Bonchev–Trinajstić information content (AvgIpc) is 2.96. The highest BCUT2D eigenvalue weighted by Crippen LogP contribution is 2.41. The van der Waals surface area contributed by atoms with Gasteiger partial charge in [-0.1, -0.05) is 19.6 Å². The van der Waals surface area contributed by atoms with Crippen molar-refractivity contribution in [2.45, 2.75) is 13.3 Å². The maximum Gasteiger partial charge on any atom is 0.229 e. The fraction of sp³-hybridized carbons (Fsp3) is 0.333. The second-order valence-electron chi connectivity index (χ2n) is 10.5. The summed E-state index contributed by atoms with van der Waals surface area (Å²) in [6.45, 7) is 13.6. The van der Waals surface area contributed by atoms with Crippen LogP contribution in [0.2, 0.25) is 0 Å². The Kier molecular flexibility index (Phi) is 8.24. The van der Waals surface area contributed by atoms with Gasteiger partial charge in [0.15, 0.2) is 0 Å². The van der Waals surface area contributed by atoms with E-state index >= 15 is 0 Å². The Morgan fingerprint density at radius 1 is 1.05 bits per heavy atom. The molecule has 1 saturated heterocycles. The third kappa shape index (κ3) is 6.04. The molecule has 4 aromatic rings. The van der Waals surface area contributed by atoms with Crippen LogP contribution in [-0.4, -0.2) is 78.5 Å². The Hall–Kier alpha value is -4.01. The summed E-state index contributed by atoms with van der Waals surface area (Å²) in [4.78, 5) is 23.0. The van der Waals surface area contributed by atoms with Crippen LogP contribution in [0.15, 0.2) is 49.4 Å². The van der Waals surface area contributed by atoms with Crippen molar-refractivity contribution < 1.29 is 9.30 Å². The topological polar surface area (TPSA) is 108 Å². The Balaban J connectivity index is 1.50. The Morgan fingerprint density at radius 3 is 2.49 bits per heavy atom. The normalized spacial score (nSPS) is 14.2. The van der Waals surface area contributed by atoms with E-state index < -0.39 is 7.14 Å². The number of ether oxygens (including phenoxy) is 1. The maximum atomic E-state index is 13.4. The van der Waals surface area contributed by atoms with Gasteiger partial charge in [0, 0.05) is 62.1 Å². The van der Waals surface area contributed by atoms with E-state index in [9.17, 15) is 4.57 Å². The predicted octanol–water partition coefficient (Wildman–Crippen LogP) is 5.12. The van der Waals surface area contributed by atoms with Crippen molar-refractivity contribution >= 4 is 58.4 Å². The monoisotopic (exact) mass is 572 g/mol. The van der Waals surface area contributed by atoms with E-state index in [1.165, 1.54) is 11.3 Å². The first-order valence-corrected chi connectivity index (χ1v) is 16.3.